The number of H-pyrrole nitrogens is 1. The second-order valence-corrected chi connectivity index (χ2v) is 8.47. The van der Waals surface area contributed by atoms with Gasteiger partial charge in [0.25, 0.3) is 5.91 Å². The average molecular weight is 497 g/mol. The van der Waals surface area contributed by atoms with Gasteiger partial charge >= 0.3 is 13.5 Å². The Morgan fingerprint density at radius 3 is 2.74 bits per heavy atom. The normalized spacial score (nSPS) is 22.7. The van der Waals surface area contributed by atoms with E-state index in [0.717, 1.165) is 10.9 Å². The SMILES string of the molecule is COc1ccccc1C(=O)Nc1[nH]c(=O)nc2c1ncn2C1OC(COP(=O)(O)O)C(O)C1O. The van der Waals surface area contributed by atoms with E-state index in [9.17, 15) is 24.4 Å². The first-order valence-electron chi connectivity index (χ1n) is 9.72. The van der Waals surface area contributed by atoms with Gasteiger partial charge in [-0.15, -0.1) is 0 Å². The van der Waals surface area contributed by atoms with Crippen molar-refractivity contribution in [3.8, 4) is 5.75 Å². The van der Waals surface area contributed by atoms with Crippen LogP contribution in [0, 0.1) is 0 Å². The van der Waals surface area contributed by atoms with Gasteiger partial charge < -0.3 is 34.8 Å². The third-order valence-electron chi connectivity index (χ3n) is 5.05. The number of rotatable bonds is 7. The number of carbonyl (C=O) groups is 1. The van der Waals surface area contributed by atoms with E-state index < -0.39 is 50.6 Å². The van der Waals surface area contributed by atoms with E-state index in [1.807, 2.05) is 0 Å². The van der Waals surface area contributed by atoms with E-state index in [1.165, 1.54) is 13.2 Å². The molecule has 3 heterocycles. The van der Waals surface area contributed by atoms with Gasteiger partial charge in [0, 0.05) is 0 Å². The zero-order valence-corrected chi connectivity index (χ0v) is 18.3. The molecule has 0 bridgehead atoms. The number of amides is 1. The van der Waals surface area contributed by atoms with Crippen molar-refractivity contribution in [3.05, 3.63) is 46.6 Å². The number of aliphatic hydroxyl groups excluding tert-OH is 2. The number of phosphoric ester groups is 1. The van der Waals surface area contributed by atoms with Crippen molar-refractivity contribution >= 4 is 30.7 Å². The molecular weight excluding hydrogens is 477 g/mol. The molecule has 1 aliphatic heterocycles. The molecule has 0 spiro atoms. The van der Waals surface area contributed by atoms with Crippen molar-refractivity contribution in [2.24, 2.45) is 0 Å². The van der Waals surface area contributed by atoms with Crippen molar-refractivity contribution < 1.29 is 43.4 Å². The van der Waals surface area contributed by atoms with Crippen molar-refractivity contribution in [1.82, 2.24) is 19.5 Å². The van der Waals surface area contributed by atoms with E-state index in [2.05, 4.69) is 24.8 Å². The monoisotopic (exact) mass is 497 g/mol. The Bertz CT molecular complexity index is 1320. The number of phosphoric acid groups is 1. The summed E-state index contributed by atoms with van der Waals surface area (Å²) in [5.74, 6) is -0.380. The Labute approximate surface area is 190 Å². The molecule has 15 nitrogen and oxygen atoms in total. The molecule has 0 saturated carbocycles. The van der Waals surface area contributed by atoms with Gasteiger partial charge in [0.05, 0.1) is 25.6 Å². The molecule has 1 saturated heterocycles. The number of methoxy groups -OCH3 is 1. The quantitative estimate of drug-likeness (QED) is 0.219. The zero-order chi connectivity index (χ0) is 24.6. The zero-order valence-electron chi connectivity index (χ0n) is 17.4. The number of anilines is 1. The van der Waals surface area contributed by atoms with E-state index in [1.54, 1.807) is 18.2 Å². The second kappa shape index (κ2) is 9.23. The third kappa shape index (κ3) is 4.71. The molecular formula is C18H20N5O10P. The maximum atomic E-state index is 12.8. The fourth-order valence-electron chi connectivity index (χ4n) is 3.49. The van der Waals surface area contributed by atoms with Crippen LogP contribution in [0.4, 0.5) is 5.82 Å². The summed E-state index contributed by atoms with van der Waals surface area (Å²) in [7, 11) is -3.44. The minimum absolute atomic E-state index is 0.0445. The number of hydrogen-bond donors (Lipinski definition) is 6. The van der Waals surface area contributed by atoms with Crippen LogP contribution in [0.25, 0.3) is 11.2 Å². The highest BCUT2D eigenvalue weighted by Crippen LogP contribution is 2.39. The van der Waals surface area contributed by atoms with Gasteiger partial charge in [-0.2, -0.15) is 4.98 Å². The van der Waals surface area contributed by atoms with Crippen molar-refractivity contribution in [3.63, 3.8) is 0 Å². The molecule has 4 atom stereocenters. The summed E-state index contributed by atoms with van der Waals surface area (Å²) >= 11 is 0. The topological polar surface area (TPSA) is 218 Å². The fourth-order valence-corrected chi connectivity index (χ4v) is 3.83. The molecule has 34 heavy (non-hydrogen) atoms. The molecule has 4 rings (SSSR count). The van der Waals surface area contributed by atoms with E-state index in [4.69, 9.17) is 19.3 Å². The predicted octanol–water partition coefficient (Wildman–Crippen LogP) is -0.891. The van der Waals surface area contributed by atoms with Crippen LogP contribution in [0.1, 0.15) is 16.6 Å². The van der Waals surface area contributed by atoms with Crippen LogP contribution in [0.5, 0.6) is 5.75 Å². The summed E-state index contributed by atoms with van der Waals surface area (Å²) in [6.45, 7) is -0.708. The molecule has 3 aromatic rings. The number of imidazole rings is 1. The summed E-state index contributed by atoms with van der Waals surface area (Å²) < 4.78 is 27.1. The average Bonchev–Trinajstić information content (AvgIpc) is 3.32. The van der Waals surface area contributed by atoms with Gasteiger partial charge in [-0.05, 0) is 12.1 Å². The van der Waals surface area contributed by atoms with Crippen LogP contribution >= 0.6 is 7.82 Å². The number of carbonyl (C=O) groups excluding carboxylic acids is 1. The van der Waals surface area contributed by atoms with E-state index in [0.29, 0.717) is 5.75 Å². The van der Waals surface area contributed by atoms with E-state index in [-0.39, 0.29) is 22.5 Å². The lowest BCUT2D eigenvalue weighted by atomic mass is 10.1. The van der Waals surface area contributed by atoms with Crippen molar-refractivity contribution in [2.75, 3.05) is 19.0 Å². The number of ether oxygens (including phenoxy) is 2. The predicted molar refractivity (Wildman–Crippen MR) is 113 cm³/mol. The molecule has 182 valence electrons. The molecule has 0 aliphatic carbocycles. The van der Waals surface area contributed by atoms with Gasteiger partial charge in [0.2, 0.25) is 0 Å². The smallest absolute Gasteiger partial charge is 0.469 e. The number of benzene rings is 1. The van der Waals surface area contributed by atoms with Crippen molar-refractivity contribution in [2.45, 2.75) is 24.5 Å². The number of fused-ring (bicyclic) bond motifs is 1. The molecule has 0 radical (unpaired) electrons. The Morgan fingerprint density at radius 2 is 2.03 bits per heavy atom. The summed E-state index contributed by atoms with van der Waals surface area (Å²) in [6.07, 6.45) is -4.60. The van der Waals surface area contributed by atoms with Gasteiger partial charge in [0.1, 0.15) is 35.4 Å². The molecule has 6 N–H and O–H groups in total. The highest BCUT2D eigenvalue weighted by molar-refractivity contribution is 7.46. The van der Waals surface area contributed by atoms with Crippen LogP contribution < -0.4 is 15.7 Å². The lowest BCUT2D eigenvalue weighted by Crippen LogP contribution is -2.33. The lowest BCUT2D eigenvalue weighted by molar-refractivity contribution is -0.0504. The number of para-hydroxylation sites is 1. The number of aliphatic hydroxyl groups is 2. The lowest BCUT2D eigenvalue weighted by Gasteiger charge is -2.16. The van der Waals surface area contributed by atoms with Gasteiger partial charge in [0.15, 0.2) is 11.9 Å². The number of hydrogen-bond acceptors (Lipinski definition) is 10. The number of aromatic amines is 1. The molecule has 2 aromatic heterocycles. The summed E-state index contributed by atoms with van der Waals surface area (Å²) in [5.41, 5.74) is -0.699. The summed E-state index contributed by atoms with van der Waals surface area (Å²) in [6, 6.07) is 6.43. The Morgan fingerprint density at radius 1 is 1.29 bits per heavy atom. The minimum atomic E-state index is -4.84. The molecule has 1 aromatic carbocycles. The van der Waals surface area contributed by atoms with Gasteiger partial charge in [-0.3, -0.25) is 18.9 Å². The Kier molecular flexibility index (Phi) is 6.51. The van der Waals surface area contributed by atoms with Crippen LogP contribution in [-0.4, -0.2) is 77.5 Å². The van der Waals surface area contributed by atoms with Gasteiger partial charge in [-0.25, -0.2) is 14.3 Å². The van der Waals surface area contributed by atoms with Crippen LogP contribution in [0.15, 0.2) is 35.4 Å². The van der Waals surface area contributed by atoms with Crippen LogP contribution in [0.2, 0.25) is 0 Å². The number of nitrogens with one attached hydrogen (secondary N) is 2. The number of nitrogens with zero attached hydrogens (tertiary/aromatic N) is 3. The number of aromatic nitrogens is 4. The van der Waals surface area contributed by atoms with Crippen LogP contribution in [-0.2, 0) is 13.8 Å². The Hall–Kier alpha value is -3.17. The van der Waals surface area contributed by atoms with E-state index >= 15 is 0 Å². The van der Waals surface area contributed by atoms with Gasteiger partial charge in [-0.1, -0.05) is 12.1 Å². The standard InChI is InChI=1S/C18H20N5O10P/c1-31-9-5-3-2-4-8(9)16(26)20-14-11-15(22-18(27)21-14)23(7-19-11)17-13(25)12(24)10(33-17)6-32-34(28,29)30/h2-5,7,10,12-13,17,24-25H,6H2,1H3,(H2,28,29,30)(H2,20,21,22,26,27). The van der Waals surface area contributed by atoms with Crippen LogP contribution in [0.3, 0.4) is 0 Å². The second-order valence-electron chi connectivity index (χ2n) is 7.23. The highest BCUT2D eigenvalue weighted by atomic mass is 31.2. The summed E-state index contributed by atoms with van der Waals surface area (Å²) in [5, 5.41) is 23.1. The maximum Gasteiger partial charge on any atom is 0.469 e. The fraction of sp³-hybridized carbons (Fsp3) is 0.333. The first-order chi connectivity index (χ1) is 16.1. The summed E-state index contributed by atoms with van der Waals surface area (Å²) in [4.78, 5) is 53.0. The molecule has 1 amide bonds. The van der Waals surface area contributed by atoms with Crippen molar-refractivity contribution in [1.29, 1.82) is 0 Å². The first-order valence-corrected chi connectivity index (χ1v) is 11.2. The molecule has 1 aliphatic rings. The molecule has 4 unspecified atom stereocenters. The molecule has 16 heteroatoms. The Balaban J connectivity index is 1.64. The third-order valence-corrected chi connectivity index (χ3v) is 5.54. The first kappa shape index (κ1) is 24.0. The molecule has 1 fully saturated rings. The largest absolute Gasteiger partial charge is 0.496 e. The maximum absolute atomic E-state index is 12.8. The highest BCUT2D eigenvalue weighted by Gasteiger charge is 2.45. The minimum Gasteiger partial charge on any atom is -0.496 e.